The maximum atomic E-state index is 13.8. The third-order valence-corrected chi connectivity index (χ3v) is 7.02. The minimum absolute atomic E-state index is 0.283. The number of carbonyl (C=O) groups is 3. The Hall–Kier alpha value is -4.33. The highest BCUT2D eigenvalue weighted by Gasteiger charge is 2.65. The van der Waals surface area contributed by atoms with Gasteiger partial charge < -0.3 is 4.74 Å². The molecule has 3 aromatic carbocycles. The largest absolute Gasteiger partial charge is 0.497 e. The fourth-order valence-electron chi connectivity index (χ4n) is 5.44. The third-order valence-electron chi connectivity index (χ3n) is 7.02. The van der Waals surface area contributed by atoms with Crippen LogP contribution in [0.15, 0.2) is 77.9 Å². The first kappa shape index (κ1) is 21.2. The fourth-order valence-corrected chi connectivity index (χ4v) is 5.44. The predicted molar refractivity (Wildman–Crippen MR) is 126 cm³/mol. The molecule has 174 valence electrons. The average Bonchev–Trinajstić information content (AvgIpc) is 3.37. The lowest BCUT2D eigenvalue weighted by Crippen LogP contribution is -2.44. The molecule has 4 atom stereocenters. The summed E-state index contributed by atoms with van der Waals surface area (Å²) in [5, 5.41) is 6.16. The number of ketones is 1. The number of hydrogen-bond donors (Lipinski definition) is 0. The Morgan fingerprint density at radius 2 is 1.60 bits per heavy atom. The molecule has 0 aromatic heterocycles. The zero-order chi connectivity index (χ0) is 24.3. The molecule has 1 unspecified atom stereocenters. The van der Waals surface area contributed by atoms with Crippen molar-refractivity contribution < 1.29 is 23.5 Å². The first-order valence-corrected chi connectivity index (χ1v) is 11.2. The number of benzene rings is 3. The standard InChI is InChI=1S/C27H20FN3O4/c1-35-19-12-6-15(7-13-19)25(32)24-22-21(23-20-5-3-2-4-16(20)14-29-31(23)24)26(33)30(27(22)34)18-10-8-17(28)9-11-18/h2-14,21-24H,1H3/t21-,22+,23?,24-/m1/s1. The highest BCUT2D eigenvalue weighted by molar-refractivity contribution is 6.24. The molecule has 0 N–H and O–H groups in total. The lowest BCUT2D eigenvalue weighted by molar-refractivity contribution is -0.124. The van der Waals surface area contributed by atoms with Crippen LogP contribution in [0, 0.1) is 17.7 Å². The van der Waals surface area contributed by atoms with Gasteiger partial charge in [-0.2, -0.15) is 5.10 Å². The number of carbonyl (C=O) groups excluding carboxylic acids is 3. The molecule has 35 heavy (non-hydrogen) atoms. The van der Waals surface area contributed by atoms with Crippen LogP contribution in [-0.4, -0.2) is 42.0 Å². The number of amides is 2. The number of anilines is 1. The molecule has 2 saturated heterocycles. The van der Waals surface area contributed by atoms with Gasteiger partial charge in [0.2, 0.25) is 11.8 Å². The monoisotopic (exact) mass is 469 g/mol. The van der Waals surface area contributed by atoms with Gasteiger partial charge in [0.15, 0.2) is 5.78 Å². The number of ether oxygens (including phenoxy) is 1. The topological polar surface area (TPSA) is 79.3 Å². The molecule has 0 bridgehead atoms. The van der Waals surface area contributed by atoms with E-state index in [0.717, 1.165) is 16.0 Å². The number of rotatable bonds is 4. The molecule has 0 saturated carbocycles. The number of halogens is 1. The molecule has 0 radical (unpaired) electrons. The second-order valence-electron chi connectivity index (χ2n) is 8.78. The quantitative estimate of drug-likeness (QED) is 0.431. The number of methoxy groups -OCH3 is 1. The third kappa shape index (κ3) is 3.10. The molecule has 2 fully saturated rings. The van der Waals surface area contributed by atoms with Gasteiger partial charge in [0.05, 0.1) is 36.9 Å². The first-order chi connectivity index (χ1) is 17.0. The van der Waals surface area contributed by atoms with Crippen LogP contribution in [-0.2, 0) is 9.59 Å². The van der Waals surface area contributed by atoms with Crippen molar-refractivity contribution in [2.24, 2.45) is 16.9 Å². The Kier molecular flexibility index (Phi) is 4.77. The normalized spacial score (nSPS) is 24.3. The summed E-state index contributed by atoms with van der Waals surface area (Å²) < 4.78 is 18.7. The van der Waals surface area contributed by atoms with Crippen LogP contribution in [0.3, 0.4) is 0 Å². The molecular weight excluding hydrogens is 449 g/mol. The number of fused-ring (bicyclic) bond motifs is 5. The van der Waals surface area contributed by atoms with Crippen LogP contribution in [0.5, 0.6) is 5.75 Å². The van der Waals surface area contributed by atoms with Gasteiger partial charge in [-0.05, 0) is 59.7 Å². The summed E-state index contributed by atoms with van der Waals surface area (Å²) in [6, 6.07) is 17.8. The molecule has 3 aliphatic rings. The van der Waals surface area contributed by atoms with E-state index in [0.29, 0.717) is 11.3 Å². The van der Waals surface area contributed by atoms with Gasteiger partial charge in [-0.3, -0.25) is 19.4 Å². The van der Waals surface area contributed by atoms with E-state index in [-0.39, 0.29) is 11.5 Å². The Labute approximate surface area is 200 Å². The second-order valence-corrected chi connectivity index (χ2v) is 8.78. The van der Waals surface area contributed by atoms with Crippen molar-refractivity contribution in [3.05, 3.63) is 95.3 Å². The van der Waals surface area contributed by atoms with Crippen LogP contribution in [0.2, 0.25) is 0 Å². The Bertz CT molecular complexity index is 1390. The summed E-state index contributed by atoms with van der Waals surface area (Å²) >= 11 is 0. The minimum Gasteiger partial charge on any atom is -0.497 e. The summed E-state index contributed by atoms with van der Waals surface area (Å²) in [6.07, 6.45) is 1.66. The van der Waals surface area contributed by atoms with Gasteiger partial charge in [-0.1, -0.05) is 24.3 Å². The Morgan fingerprint density at radius 3 is 2.31 bits per heavy atom. The van der Waals surface area contributed by atoms with Crippen molar-refractivity contribution in [1.82, 2.24) is 5.01 Å². The van der Waals surface area contributed by atoms with E-state index in [4.69, 9.17) is 4.74 Å². The highest BCUT2D eigenvalue weighted by Crippen LogP contribution is 2.53. The van der Waals surface area contributed by atoms with Gasteiger partial charge in [0, 0.05) is 5.56 Å². The fraction of sp³-hybridized carbons (Fsp3) is 0.185. The maximum absolute atomic E-state index is 13.8. The lowest BCUT2D eigenvalue weighted by atomic mass is 9.83. The predicted octanol–water partition coefficient (Wildman–Crippen LogP) is 3.60. The SMILES string of the molecule is COc1ccc(C(=O)[C@H]2[C@H]3C(=O)N(c4ccc(F)cc4)C(=O)[C@H]3C3c4ccccc4C=NN32)cc1. The van der Waals surface area contributed by atoms with E-state index in [1.165, 1.54) is 31.4 Å². The Morgan fingerprint density at radius 1 is 0.914 bits per heavy atom. The minimum atomic E-state index is -0.968. The number of hydrogen-bond acceptors (Lipinski definition) is 6. The van der Waals surface area contributed by atoms with Crippen LogP contribution in [0.1, 0.15) is 27.5 Å². The van der Waals surface area contributed by atoms with E-state index in [1.807, 2.05) is 24.3 Å². The molecular formula is C27H20FN3O4. The molecule has 0 aliphatic carbocycles. The lowest BCUT2D eigenvalue weighted by Gasteiger charge is -2.33. The number of nitrogens with zero attached hydrogens (tertiary/aromatic N) is 3. The molecule has 2 amide bonds. The molecule has 3 aliphatic heterocycles. The number of hydrazone groups is 1. The van der Waals surface area contributed by atoms with Gasteiger partial charge >= 0.3 is 0 Å². The van der Waals surface area contributed by atoms with E-state index in [1.54, 1.807) is 35.5 Å². The summed E-state index contributed by atoms with van der Waals surface area (Å²) in [6.45, 7) is 0. The molecule has 6 rings (SSSR count). The summed E-state index contributed by atoms with van der Waals surface area (Å²) in [5.74, 6) is -2.82. The van der Waals surface area contributed by atoms with Crippen molar-refractivity contribution in [2.45, 2.75) is 12.1 Å². The summed E-state index contributed by atoms with van der Waals surface area (Å²) in [5.41, 5.74) is 2.35. The van der Waals surface area contributed by atoms with Gasteiger partial charge in [0.1, 0.15) is 17.6 Å². The summed E-state index contributed by atoms with van der Waals surface area (Å²) in [7, 11) is 1.54. The van der Waals surface area contributed by atoms with Crippen molar-refractivity contribution in [3.8, 4) is 5.75 Å². The highest BCUT2D eigenvalue weighted by atomic mass is 19.1. The average molecular weight is 469 g/mol. The van der Waals surface area contributed by atoms with Crippen LogP contribution < -0.4 is 9.64 Å². The molecule has 0 spiro atoms. The second kappa shape index (κ2) is 7.87. The van der Waals surface area contributed by atoms with Gasteiger partial charge in [-0.15, -0.1) is 0 Å². The van der Waals surface area contributed by atoms with Gasteiger partial charge in [-0.25, -0.2) is 9.29 Å². The maximum Gasteiger partial charge on any atom is 0.240 e. The van der Waals surface area contributed by atoms with E-state index in [9.17, 15) is 18.8 Å². The van der Waals surface area contributed by atoms with E-state index in [2.05, 4.69) is 5.10 Å². The molecule has 8 heteroatoms. The van der Waals surface area contributed by atoms with Gasteiger partial charge in [0.25, 0.3) is 0 Å². The zero-order valence-corrected chi connectivity index (χ0v) is 18.7. The number of Topliss-reactive ketones (excluding diaryl/α,β-unsaturated/α-hetero) is 1. The van der Waals surface area contributed by atoms with Crippen LogP contribution in [0.25, 0.3) is 0 Å². The van der Waals surface area contributed by atoms with E-state index >= 15 is 0 Å². The zero-order valence-electron chi connectivity index (χ0n) is 18.7. The Balaban J connectivity index is 1.47. The van der Waals surface area contributed by atoms with Crippen LogP contribution in [0.4, 0.5) is 10.1 Å². The van der Waals surface area contributed by atoms with Crippen molar-refractivity contribution in [3.63, 3.8) is 0 Å². The number of imide groups is 1. The molecule has 3 aromatic rings. The summed E-state index contributed by atoms with van der Waals surface area (Å²) in [4.78, 5) is 42.4. The first-order valence-electron chi connectivity index (χ1n) is 11.2. The molecule has 3 heterocycles. The van der Waals surface area contributed by atoms with Crippen molar-refractivity contribution >= 4 is 29.5 Å². The van der Waals surface area contributed by atoms with Crippen molar-refractivity contribution in [1.29, 1.82) is 0 Å². The molecule has 7 nitrogen and oxygen atoms in total. The van der Waals surface area contributed by atoms with Crippen molar-refractivity contribution in [2.75, 3.05) is 12.0 Å². The van der Waals surface area contributed by atoms with Crippen LogP contribution >= 0.6 is 0 Å². The smallest absolute Gasteiger partial charge is 0.240 e. The van der Waals surface area contributed by atoms with E-state index < -0.39 is 41.6 Å².